The number of rotatable bonds is 1. The molecule has 2 atom stereocenters. The summed E-state index contributed by atoms with van der Waals surface area (Å²) in [5.74, 6) is -0.427. The molecule has 2 heterocycles. The SMILES string of the molecule is Cc1nc2c(c(C(F)(F)F)n1)C[C@@H](C(=O)N1CC[C@H](N)C1)CC2. The van der Waals surface area contributed by atoms with Crippen molar-refractivity contribution < 1.29 is 18.0 Å². The number of carbonyl (C=O) groups excluding carboxylic acids is 1. The third-order valence-corrected chi connectivity index (χ3v) is 4.54. The van der Waals surface area contributed by atoms with Gasteiger partial charge in [-0.2, -0.15) is 13.2 Å². The largest absolute Gasteiger partial charge is 0.433 e. The fourth-order valence-electron chi connectivity index (χ4n) is 3.43. The van der Waals surface area contributed by atoms with Gasteiger partial charge in [0.1, 0.15) is 5.82 Å². The molecule has 1 aliphatic carbocycles. The molecule has 1 aromatic heterocycles. The first-order chi connectivity index (χ1) is 10.8. The van der Waals surface area contributed by atoms with Gasteiger partial charge in [-0.1, -0.05) is 0 Å². The maximum Gasteiger partial charge on any atom is 0.433 e. The molecule has 0 bridgehead atoms. The zero-order valence-electron chi connectivity index (χ0n) is 12.9. The maximum atomic E-state index is 13.2. The number of nitrogens with two attached hydrogens (primary N) is 1. The summed E-state index contributed by atoms with van der Waals surface area (Å²) in [6, 6.07) is -0.0356. The van der Waals surface area contributed by atoms with Crippen LogP contribution in [0.1, 0.15) is 35.6 Å². The van der Waals surface area contributed by atoms with Crippen molar-refractivity contribution in [2.24, 2.45) is 11.7 Å². The molecule has 8 heteroatoms. The number of amides is 1. The zero-order chi connectivity index (χ0) is 16.8. The molecule has 0 spiro atoms. The first-order valence-corrected chi connectivity index (χ1v) is 7.73. The maximum absolute atomic E-state index is 13.2. The van der Waals surface area contributed by atoms with Crippen LogP contribution < -0.4 is 5.73 Å². The Kier molecular flexibility index (Phi) is 4.03. The van der Waals surface area contributed by atoms with Crippen molar-refractivity contribution in [2.45, 2.75) is 44.8 Å². The van der Waals surface area contributed by atoms with Crippen LogP contribution in [0.2, 0.25) is 0 Å². The molecule has 3 rings (SSSR count). The highest BCUT2D eigenvalue weighted by Gasteiger charge is 2.40. The summed E-state index contributed by atoms with van der Waals surface area (Å²) in [6.45, 7) is 2.52. The van der Waals surface area contributed by atoms with E-state index in [2.05, 4.69) is 9.97 Å². The summed E-state index contributed by atoms with van der Waals surface area (Å²) in [5, 5.41) is 0. The predicted octanol–water partition coefficient (Wildman–Crippen LogP) is 1.47. The average Bonchev–Trinajstić information content (AvgIpc) is 2.90. The van der Waals surface area contributed by atoms with Crippen molar-refractivity contribution in [2.75, 3.05) is 13.1 Å². The molecule has 2 aliphatic rings. The summed E-state index contributed by atoms with van der Waals surface area (Å²) >= 11 is 0. The van der Waals surface area contributed by atoms with E-state index in [1.54, 1.807) is 4.90 Å². The Morgan fingerprint density at radius 3 is 2.65 bits per heavy atom. The lowest BCUT2D eigenvalue weighted by molar-refractivity contribution is -0.143. The van der Waals surface area contributed by atoms with Crippen molar-refractivity contribution in [3.05, 3.63) is 22.8 Å². The number of hydrogen-bond acceptors (Lipinski definition) is 4. The van der Waals surface area contributed by atoms with Gasteiger partial charge in [0.2, 0.25) is 5.91 Å². The van der Waals surface area contributed by atoms with E-state index in [0.717, 1.165) is 6.42 Å². The second-order valence-corrected chi connectivity index (χ2v) is 6.32. The van der Waals surface area contributed by atoms with E-state index in [1.165, 1.54) is 6.92 Å². The molecule has 23 heavy (non-hydrogen) atoms. The van der Waals surface area contributed by atoms with Crippen LogP contribution in [0.25, 0.3) is 0 Å². The van der Waals surface area contributed by atoms with E-state index >= 15 is 0 Å². The molecule has 0 saturated carbocycles. The minimum Gasteiger partial charge on any atom is -0.341 e. The van der Waals surface area contributed by atoms with Gasteiger partial charge in [0.15, 0.2) is 5.69 Å². The quantitative estimate of drug-likeness (QED) is 0.847. The fraction of sp³-hybridized carbons (Fsp3) is 0.667. The van der Waals surface area contributed by atoms with Gasteiger partial charge in [0.25, 0.3) is 0 Å². The highest BCUT2D eigenvalue weighted by molar-refractivity contribution is 5.80. The number of alkyl halides is 3. The van der Waals surface area contributed by atoms with Gasteiger partial charge in [0, 0.05) is 36.3 Å². The number of halogens is 3. The molecule has 1 amide bonds. The Hall–Kier alpha value is -1.70. The summed E-state index contributed by atoms with van der Waals surface area (Å²) in [4.78, 5) is 21.9. The Bertz CT molecular complexity index is 632. The van der Waals surface area contributed by atoms with Gasteiger partial charge in [-0.25, -0.2) is 9.97 Å². The lowest BCUT2D eigenvalue weighted by atomic mass is 9.84. The van der Waals surface area contributed by atoms with Crippen molar-refractivity contribution in [3.8, 4) is 0 Å². The van der Waals surface area contributed by atoms with Crippen molar-refractivity contribution in [1.29, 1.82) is 0 Å². The Balaban J connectivity index is 1.86. The summed E-state index contributed by atoms with van der Waals surface area (Å²) in [7, 11) is 0. The highest BCUT2D eigenvalue weighted by Crippen LogP contribution is 2.36. The Morgan fingerprint density at radius 1 is 1.30 bits per heavy atom. The molecule has 1 fully saturated rings. The molecule has 126 valence electrons. The molecule has 0 unspecified atom stereocenters. The van der Waals surface area contributed by atoms with Gasteiger partial charge in [0.05, 0.1) is 0 Å². The number of fused-ring (bicyclic) bond motifs is 1. The standard InChI is InChI=1S/C15H19F3N4O/c1-8-20-12-3-2-9(14(23)22-5-4-10(19)7-22)6-11(12)13(21-8)15(16,17)18/h9-10H,2-7,19H2,1H3/t9-,10-/m0/s1. The predicted molar refractivity (Wildman–Crippen MR) is 76.5 cm³/mol. The zero-order valence-corrected chi connectivity index (χ0v) is 12.9. The van der Waals surface area contributed by atoms with Crippen LogP contribution in [0.15, 0.2) is 0 Å². The smallest absolute Gasteiger partial charge is 0.341 e. The second-order valence-electron chi connectivity index (χ2n) is 6.32. The number of nitrogens with zero attached hydrogens (tertiary/aromatic N) is 3. The molecular formula is C15H19F3N4O. The van der Waals surface area contributed by atoms with E-state index in [1.807, 2.05) is 0 Å². The van der Waals surface area contributed by atoms with Crippen LogP contribution in [0.3, 0.4) is 0 Å². The topological polar surface area (TPSA) is 72.1 Å². The number of aryl methyl sites for hydroxylation is 2. The van der Waals surface area contributed by atoms with E-state index in [4.69, 9.17) is 5.73 Å². The van der Waals surface area contributed by atoms with Gasteiger partial charge in [-0.15, -0.1) is 0 Å². The van der Waals surface area contributed by atoms with E-state index in [-0.39, 0.29) is 29.8 Å². The van der Waals surface area contributed by atoms with Crippen LogP contribution >= 0.6 is 0 Å². The summed E-state index contributed by atoms with van der Waals surface area (Å²) < 4.78 is 39.7. The number of aromatic nitrogens is 2. The number of hydrogen-bond donors (Lipinski definition) is 1. The minimum absolute atomic E-state index is 0.0356. The molecule has 1 aromatic rings. The Labute approximate surface area is 132 Å². The Morgan fingerprint density at radius 2 is 2.04 bits per heavy atom. The first kappa shape index (κ1) is 16.2. The van der Waals surface area contributed by atoms with Crippen molar-refractivity contribution in [3.63, 3.8) is 0 Å². The van der Waals surface area contributed by atoms with Crippen molar-refractivity contribution >= 4 is 5.91 Å². The molecular weight excluding hydrogens is 309 g/mol. The monoisotopic (exact) mass is 328 g/mol. The fourth-order valence-corrected chi connectivity index (χ4v) is 3.43. The number of carbonyl (C=O) groups is 1. The van der Waals surface area contributed by atoms with Crippen LogP contribution in [0.4, 0.5) is 13.2 Å². The average molecular weight is 328 g/mol. The van der Waals surface area contributed by atoms with Gasteiger partial charge in [-0.3, -0.25) is 4.79 Å². The van der Waals surface area contributed by atoms with Crippen molar-refractivity contribution in [1.82, 2.24) is 14.9 Å². The van der Waals surface area contributed by atoms with Crippen LogP contribution in [0, 0.1) is 12.8 Å². The van der Waals surface area contributed by atoms with Gasteiger partial charge in [-0.05, 0) is 32.6 Å². The van der Waals surface area contributed by atoms with Crippen LogP contribution in [-0.2, 0) is 23.8 Å². The van der Waals surface area contributed by atoms with E-state index in [9.17, 15) is 18.0 Å². The molecule has 1 saturated heterocycles. The van der Waals surface area contributed by atoms with E-state index < -0.39 is 17.8 Å². The summed E-state index contributed by atoms with van der Waals surface area (Å²) in [6.07, 6.45) is -2.84. The summed E-state index contributed by atoms with van der Waals surface area (Å²) in [5.41, 5.74) is 5.41. The van der Waals surface area contributed by atoms with E-state index in [0.29, 0.717) is 31.6 Å². The second kappa shape index (κ2) is 5.74. The number of likely N-dealkylation sites (tertiary alicyclic amines) is 1. The third-order valence-electron chi connectivity index (χ3n) is 4.54. The highest BCUT2D eigenvalue weighted by atomic mass is 19.4. The third kappa shape index (κ3) is 3.17. The molecule has 1 aliphatic heterocycles. The molecule has 0 radical (unpaired) electrons. The molecule has 2 N–H and O–H groups in total. The molecule has 0 aromatic carbocycles. The van der Waals surface area contributed by atoms with Gasteiger partial charge < -0.3 is 10.6 Å². The van der Waals surface area contributed by atoms with Crippen LogP contribution in [-0.4, -0.2) is 39.9 Å². The lowest BCUT2D eigenvalue weighted by Crippen LogP contribution is -2.39. The normalized spacial score (nSPS) is 24.7. The first-order valence-electron chi connectivity index (χ1n) is 7.73. The molecule has 5 nitrogen and oxygen atoms in total. The lowest BCUT2D eigenvalue weighted by Gasteiger charge is -2.28. The van der Waals surface area contributed by atoms with Gasteiger partial charge >= 0.3 is 6.18 Å². The minimum atomic E-state index is -4.53. The van der Waals surface area contributed by atoms with Crippen LogP contribution in [0.5, 0.6) is 0 Å².